The summed E-state index contributed by atoms with van der Waals surface area (Å²) in [6, 6.07) is 5.57. The molecule has 13 heteroatoms. The fraction of sp³-hybridized carbons (Fsp3) is 0.458. The normalized spacial score (nSPS) is 23.1. The number of hydrogen-bond acceptors (Lipinski definition) is 11. The maximum Gasteiger partial charge on any atom is 0.303 e. The molecule has 37 heavy (non-hydrogen) atoms. The molecule has 1 aromatic carbocycles. The van der Waals surface area contributed by atoms with Crippen LogP contribution in [-0.2, 0) is 49.3 Å². The van der Waals surface area contributed by atoms with Gasteiger partial charge < -0.3 is 28.2 Å². The zero-order valence-corrected chi connectivity index (χ0v) is 21.2. The highest BCUT2D eigenvalue weighted by Gasteiger charge is 2.52. The summed E-state index contributed by atoms with van der Waals surface area (Å²) in [5.41, 5.74) is 0.264. The van der Waals surface area contributed by atoms with Gasteiger partial charge in [0.2, 0.25) is 0 Å². The summed E-state index contributed by atoms with van der Waals surface area (Å²) in [5.74, 6) is -3.41. The van der Waals surface area contributed by atoms with E-state index in [-0.39, 0.29) is 35.1 Å². The van der Waals surface area contributed by atoms with Gasteiger partial charge in [0.05, 0.1) is 16.3 Å². The van der Waals surface area contributed by atoms with Crippen LogP contribution >= 0.6 is 11.6 Å². The van der Waals surface area contributed by atoms with Gasteiger partial charge in [0, 0.05) is 40.2 Å². The minimum absolute atomic E-state index is 0.00413. The Morgan fingerprint density at radius 2 is 1.51 bits per heavy atom. The van der Waals surface area contributed by atoms with Gasteiger partial charge in [-0.25, -0.2) is 4.39 Å². The molecule has 1 aromatic heterocycles. The van der Waals surface area contributed by atoms with Gasteiger partial charge in [0.1, 0.15) is 24.6 Å². The first-order valence-corrected chi connectivity index (χ1v) is 11.5. The van der Waals surface area contributed by atoms with Gasteiger partial charge in [-0.3, -0.25) is 19.2 Å². The second kappa shape index (κ2) is 12.2. The minimum Gasteiger partial charge on any atom is -0.463 e. The summed E-state index contributed by atoms with van der Waals surface area (Å²) in [5, 5.41) is 4.04. The second-order valence-electron chi connectivity index (χ2n) is 8.22. The monoisotopic (exact) mass is 541 g/mol. The van der Waals surface area contributed by atoms with Crippen molar-refractivity contribution in [3.63, 3.8) is 0 Å². The first kappa shape index (κ1) is 28.1. The van der Waals surface area contributed by atoms with E-state index < -0.39 is 60.2 Å². The molecule has 2 aromatic rings. The van der Waals surface area contributed by atoms with Crippen LogP contribution in [0.1, 0.15) is 33.4 Å². The van der Waals surface area contributed by atoms with Crippen molar-refractivity contribution in [1.82, 2.24) is 5.16 Å². The molecule has 0 unspecified atom stereocenters. The molecule has 1 saturated heterocycles. The van der Waals surface area contributed by atoms with Crippen LogP contribution in [0.3, 0.4) is 0 Å². The number of aromatic nitrogens is 1. The summed E-state index contributed by atoms with van der Waals surface area (Å²) in [6.07, 6.45) is -6.04. The molecule has 0 radical (unpaired) electrons. The van der Waals surface area contributed by atoms with Crippen LogP contribution in [0.25, 0.3) is 11.3 Å². The first-order valence-electron chi connectivity index (χ1n) is 11.2. The first-order chi connectivity index (χ1) is 17.5. The van der Waals surface area contributed by atoms with E-state index in [0.717, 1.165) is 20.8 Å². The van der Waals surface area contributed by atoms with Crippen molar-refractivity contribution in [2.24, 2.45) is 0 Å². The zero-order chi connectivity index (χ0) is 27.3. The second-order valence-corrected chi connectivity index (χ2v) is 8.63. The Kier molecular flexibility index (Phi) is 9.22. The molecule has 0 amide bonds. The van der Waals surface area contributed by atoms with Crippen LogP contribution in [0, 0.1) is 5.82 Å². The predicted octanol–water partition coefficient (Wildman–Crippen LogP) is 2.80. The fourth-order valence-corrected chi connectivity index (χ4v) is 4.20. The van der Waals surface area contributed by atoms with Crippen LogP contribution in [0.4, 0.5) is 4.39 Å². The average molecular weight is 542 g/mol. The largest absolute Gasteiger partial charge is 0.463 e. The Labute approximate surface area is 216 Å². The van der Waals surface area contributed by atoms with Gasteiger partial charge in [0.25, 0.3) is 0 Å². The number of carbonyl (C=O) groups excluding carboxylic acids is 4. The molecule has 2 heterocycles. The molecular weight excluding hydrogens is 517 g/mol. The third-order valence-electron chi connectivity index (χ3n) is 5.27. The number of nitrogens with zero attached hydrogens (tertiary/aromatic N) is 1. The van der Waals surface area contributed by atoms with E-state index in [1.807, 2.05) is 0 Å². The molecule has 3 rings (SSSR count). The summed E-state index contributed by atoms with van der Waals surface area (Å²) >= 11 is 6.11. The van der Waals surface area contributed by atoms with Crippen molar-refractivity contribution in [3.8, 4) is 11.3 Å². The minimum atomic E-state index is -1.31. The summed E-state index contributed by atoms with van der Waals surface area (Å²) in [4.78, 5) is 47.1. The van der Waals surface area contributed by atoms with Gasteiger partial charge in [-0.05, 0) is 12.1 Å². The highest BCUT2D eigenvalue weighted by Crippen LogP contribution is 2.34. The SMILES string of the molecule is CC(=O)OC[C@H]1O[C@@H](Cc2cc(-c3c(F)cccc3Cl)on2)[C@H](OC(C)=O)[C@@H](OC(C)=O)[C@@H]1OC(C)=O. The zero-order valence-electron chi connectivity index (χ0n) is 20.4. The highest BCUT2D eigenvalue weighted by atomic mass is 35.5. The number of halogens is 2. The van der Waals surface area contributed by atoms with E-state index in [1.54, 1.807) is 0 Å². The van der Waals surface area contributed by atoms with E-state index in [9.17, 15) is 23.6 Å². The van der Waals surface area contributed by atoms with Crippen LogP contribution in [0.5, 0.6) is 0 Å². The molecule has 11 nitrogen and oxygen atoms in total. The van der Waals surface area contributed by atoms with Crippen molar-refractivity contribution in [3.05, 3.63) is 40.8 Å². The molecule has 0 bridgehead atoms. The van der Waals surface area contributed by atoms with Crippen LogP contribution in [0.2, 0.25) is 5.02 Å². The van der Waals surface area contributed by atoms with E-state index in [4.69, 9.17) is 39.8 Å². The molecule has 1 aliphatic heterocycles. The van der Waals surface area contributed by atoms with Crippen molar-refractivity contribution < 1.29 is 51.8 Å². The van der Waals surface area contributed by atoms with E-state index in [0.29, 0.717) is 0 Å². The van der Waals surface area contributed by atoms with Crippen molar-refractivity contribution in [2.75, 3.05) is 6.61 Å². The van der Waals surface area contributed by atoms with Gasteiger partial charge in [-0.2, -0.15) is 0 Å². The Morgan fingerprint density at radius 3 is 2.08 bits per heavy atom. The highest BCUT2D eigenvalue weighted by molar-refractivity contribution is 6.33. The molecule has 0 spiro atoms. The number of benzene rings is 1. The fourth-order valence-electron chi connectivity index (χ4n) is 3.95. The molecule has 5 atom stereocenters. The van der Waals surface area contributed by atoms with Gasteiger partial charge in [-0.1, -0.05) is 22.8 Å². The lowest BCUT2D eigenvalue weighted by Gasteiger charge is -2.44. The Morgan fingerprint density at radius 1 is 0.919 bits per heavy atom. The maximum atomic E-state index is 14.3. The third kappa shape index (κ3) is 7.26. The van der Waals surface area contributed by atoms with Gasteiger partial charge in [0.15, 0.2) is 24.1 Å². The quantitative estimate of drug-likeness (QED) is 0.360. The molecule has 0 aliphatic carbocycles. The molecular formula is C24H25ClFNO10. The number of hydrogen-bond donors (Lipinski definition) is 0. The lowest BCUT2D eigenvalue weighted by atomic mass is 9.91. The van der Waals surface area contributed by atoms with Crippen LogP contribution < -0.4 is 0 Å². The average Bonchev–Trinajstić information content (AvgIpc) is 3.23. The van der Waals surface area contributed by atoms with E-state index >= 15 is 0 Å². The Balaban J connectivity index is 1.97. The van der Waals surface area contributed by atoms with Crippen LogP contribution in [-0.4, -0.2) is 66.2 Å². The van der Waals surface area contributed by atoms with Gasteiger partial charge in [-0.15, -0.1) is 0 Å². The number of ether oxygens (including phenoxy) is 5. The lowest BCUT2D eigenvalue weighted by Crippen LogP contribution is -2.62. The molecule has 200 valence electrons. The standard InChI is InChI=1S/C24H25ClFNO10/c1-11(28)32-10-20-23(34-13(3)30)24(35-14(4)31)22(33-12(2)29)19(36-20)9-15-8-18(37-27-15)21-16(25)6-5-7-17(21)26/h5-8,19-20,22-24H,9-10H2,1-4H3/t19-,20+,22-,23+,24+/m0/s1. The summed E-state index contributed by atoms with van der Waals surface area (Å²) < 4.78 is 46.9. The van der Waals surface area contributed by atoms with E-state index in [1.165, 1.54) is 31.2 Å². The maximum absolute atomic E-state index is 14.3. The predicted molar refractivity (Wildman–Crippen MR) is 123 cm³/mol. The summed E-state index contributed by atoms with van der Waals surface area (Å²) in [7, 11) is 0. The summed E-state index contributed by atoms with van der Waals surface area (Å²) in [6.45, 7) is 4.22. The Hall–Kier alpha value is -3.51. The molecule has 0 N–H and O–H groups in total. The van der Waals surface area contributed by atoms with Crippen molar-refractivity contribution >= 4 is 35.5 Å². The smallest absolute Gasteiger partial charge is 0.303 e. The molecule has 1 aliphatic rings. The number of carbonyl (C=O) groups is 4. The third-order valence-corrected chi connectivity index (χ3v) is 5.58. The molecule has 1 fully saturated rings. The lowest BCUT2D eigenvalue weighted by molar-refractivity contribution is -0.252. The Bertz CT molecular complexity index is 1150. The van der Waals surface area contributed by atoms with Gasteiger partial charge >= 0.3 is 23.9 Å². The van der Waals surface area contributed by atoms with Crippen molar-refractivity contribution in [2.45, 2.75) is 64.6 Å². The van der Waals surface area contributed by atoms with Crippen LogP contribution in [0.15, 0.2) is 28.8 Å². The molecule has 0 saturated carbocycles. The number of rotatable bonds is 8. The topological polar surface area (TPSA) is 140 Å². The van der Waals surface area contributed by atoms with Crippen molar-refractivity contribution in [1.29, 1.82) is 0 Å². The number of esters is 4. The van der Waals surface area contributed by atoms with E-state index in [2.05, 4.69) is 5.16 Å².